The van der Waals surface area contributed by atoms with Gasteiger partial charge in [0.2, 0.25) is 0 Å². The molecule has 0 amide bonds. The van der Waals surface area contributed by atoms with Gasteiger partial charge in [0, 0.05) is 35.1 Å². The van der Waals surface area contributed by atoms with Crippen molar-refractivity contribution in [1.82, 2.24) is 0 Å². The molecule has 0 saturated heterocycles. The number of hydrogen-bond acceptors (Lipinski definition) is 3. The van der Waals surface area contributed by atoms with E-state index in [4.69, 9.17) is 11.6 Å². The summed E-state index contributed by atoms with van der Waals surface area (Å²) in [7, 11) is 0. The smallest absolute Gasteiger partial charge is 0.181 e. The van der Waals surface area contributed by atoms with Crippen molar-refractivity contribution in [2.75, 3.05) is 17.1 Å². The van der Waals surface area contributed by atoms with Crippen LogP contribution in [-0.4, -0.2) is 22.1 Å². The molecular formula is C10H10ClNO2S. The molecule has 5 heteroatoms. The van der Waals surface area contributed by atoms with Gasteiger partial charge in [0.15, 0.2) is 16.6 Å². The molecule has 0 radical (unpaired) electrons. The first-order valence-corrected chi connectivity index (χ1v) is 6.43. The van der Waals surface area contributed by atoms with E-state index < -0.39 is 11.2 Å². The van der Waals surface area contributed by atoms with E-state index in [2.05, 4.69) is 5.32 Å². The van der Waals surface area contributed by atoms with Crippen LogP contribution in [0, 0.1) is 0 Å². The number of ketones is 1. The molecule has 0 saturated carbocycles. The molecule has 1 aliphatic rings. The van der Waals surface area contributed by atoms with E-state index in [1.165, 1.54) is 0 Å². The highest BCUT2D eigenvalue weighted by Gasteiger charge is 2.24. The van der Waals surface area contributed by atoms with Gasteiger partial charge in [-0.15, -0.1) is 11.6 Å². The number of anilines is 1. The fourth-order valence-electron chi connectivity index (χ4n) is 1.48. The Morgan fingerprint density at radius 3 is 3.13 bits per heavy atom. The molecule has 0 spiro atoms. The number of nitrogens with one attached hydrogen (secondary N) is 1. The van der Waals surface area contributed by atoms with Gasteiger partial charge >= 0.3 is 0 Å². The molecule has 1 unspecified atom stereocenters. The number of hydrogen-bond donors (Lipinski definition) is 1. The molecule has 0 fully saturated rings. The normalized spacial score (nSPS) is 18.4. The van der Waals surface area contributed by atoms with E-state index in [0.29, 0.717) is 23.7 Å². The number of fused-ring (bicyclic) bond motifs is 1. The Bertz CT molecular complexity index is 397. The minimum Gasteiger partial charge on any atom is -0.610 e. The fraction of sp³-hybridized carbons (Fsp3) is 0.300. The lowest BCUT2D eigenvalue weighted by Crippen LogP contribution is -2.04. The molecule has 1 aromatic rings. The predicted octanol–water partition coefficient (Wildman–Crippen LogP) is 1.99. The molecule has 1 heterocycles. The summed E-state index contributed by atoms with van der Waals surface area (Å²) in [5, 5.41) is 3.01. The van der Waals surface area contributed by atoms with Gasteiger partial charge in [0.25, 0.3) is 0 Å². The number of benzene rings is 1. The highest BCUT2D eigenvalue weighted by atomic mass is 35.5. The van der Waals surface area contributed by atoms with Crippen LogP contribution in [0.1, 0.15) is 16.8 Å². The first kappa shape index (κ1) is 10.8. The molecule has 1 N–H and O–H groups in total. The summed E-state index contributed by atoms with van der Waals surface area (Å²) in [6, 6.07) is 5.23. The Labute approximate surface area is 96.0 Å². The molecule has 1 aromatic carbocycles. The first-order valence-electron chi connectivity index (χ1n) is 4.58. The van der Waals surface area contributed by atoms with E-state index in [-0.39, 0.29) is 5.78 Å². The fourth-order valence-corrected chi connectivity index (χ4v) is 2.74. The van der Waals surface area contributed by atoms with Gasteiger partial charge in [-0.25, -0.2) is 0 Å². The Morgan fingerprint density at radius 1 is 1.60 bits per heavy atom. The largest absolute Gasteiger partial charge is 0.610 e. The Hall–Kier alpha value is -0.710. The molecule has 1 atom stereocenters. The maximum atomic E-state index is 11.5. The third-order valence-electron chi connectivity index (χ3n) is 2.26. The Balaban J connectivity index is 2.29. The summed E-state index contributed by atoms with van der Waals surface area (Å²) >= 11 is 4.47. The summed E-state index contributed by atoms with van der Waals surface area (Å²) < 4.78 is 11.5. The zero-order valence-corrected chi connectivity index (χ0v) is 9.53. The zero-order valence-electron chi connectivity index (χ0n) is 7.96. The maximum Gasteiger partial charge on any atom is 0.181 e. The molecule has 3 nitrogen and oxygen atoms in total. The molecule has 0 bridgehead atoms. The number of alkyl halides is 1. The van der Waals surface area contributed by atoms with Gasteiger partial charge in [-0.2, -0.15) is 0 Å². The predicted molar refractivity (Wildman–Crippen MR) is 61.0 cm³/mol. The van der Waals surface area contributed by atoms with Crippen molar-refractivity contribution in [1.29, 1.82) is 0 Å². The van der Waals surface area contributed by atoms with Gasteiger partial charge < -0.3 is 9.87 Å². The van der Waals surface area contributed by atoms with Crippen LogP contribution in [0.2, 0.25) is 0 Å². The van der Waals surface area contributed by atoms with Crippen molar-refractivity contribution in [2.24, 2.45) is 0 Å². The number of carbonyl (C=O) groups is 1. The number of carbonyl (C=O) groups excluding carboxylic acids is 1. The van der Waals surface area contributed by atoms with Gasteiger partial charge in [-0.05, 0) is 12.1 Å². The van der Waals surface area contributed by atoms with Crippen molar-refractivity contribution in [2.45, 2.75) is 11.3 Å². The summed E-state index contributed by atoms with van der Waals surface area (Å²) in [4.78, 5) is 12.3. The quantitative estimate of drug-likeness (QED) is 0.502. The van der Waals surface area contributed by atoms with Crippen LogP contribution in [0.5, 0.6) is 0 Å². The first-order chi connectivity index (χ1) is 7.22. The monoisotopic (exact) mass is 243 g/mol. The van der Waals surface area contributed by atoms with Gasteiger partial charge in [0.05, 0.1) is 5.69 Å². The van der Waals surface area contributed by atoms with Crippen LogP contribution in [0.25, 0.3) is 0 Å². The minimum absolute atomic E-state index is 0.00306. The van der Waals surface area contributed by atoms with Crippen molar-refractivity contribution in [3.05, 3.63) is 23.8 Å². The third kappa shape index (κ3) is 2.12. The molecule has 0 aliphatic carbocycles. The van der Waals surface area contributed by atoms with E-state index in [0.717, 1.165) is 10.6 Å². The summed E-state index contributed by atoms with van der Waals surface area (Å²) in [5.74, 6) is 0.747. The van der Waals surface area contributed by atoms with E-state index >= 15 is 0 Å². The molecule has 2 rings (SSSR count). The summed E-state index contributed by atoms with van der Waals surface area (Å²) in [6.45, 7) is 0. The summed E-state index contributed by atoms with van der Waals surface area (Å²) in [5.41, 5.74) is 1.45. The van der Waals surface area contributed by atoms with Crippen molar-refractivity contribution >= 4 is 34.2 Å². The lowest BCUT2D eigenvalue weighted by atomic mass is 10.1. The lowest BCUT2D eigenvalue weighted by Gasteiger charge is -2.03. The van der Waals surface area contributed by atoms with Crippen LogP contribution in [0.15, 0.2) is 23.1 Å². The van der Waals surface area contributed by atoms with Crippen LogP contribution in [0.4, 0.5) is 5.69 Å². The van der Waals surface area contributed by atoms with Crippen LogP contribution < -0.4 is 5.32 Å². The highest BCUT2D eigenvalue weighted by Crippen LogP contribution is 2.29. The van der Waals surface area contributed by atoms with Crippen LogP contribution in [-0.2, 0) is 11.2 Å². The van der Waals surface area contributed by atoms with Gasteiger partial charge in [0.1, 0.15) is 0 Å². The van der Waals surface area contributed by atoms with E-state index in [1.807, 2.05) is 0 Å². The van der Waals surface area contributed by atoms with E-state index in [1.54, 1.807) is 18.2 Å². The molecule has 1 aliphatic heterocycles. The second kappa shape index (κ2) is 4.43. The average molecular weight is 244 g/mol. The minimum atomic E-state index is -1.02. The zero-order chi connectivity index (χ0) is 10.8. The standard InChI is InChI=1S/C10H10ClNO2S/c11-4-3-9(13)7-1-2-8-10(5-7)15(14)6-12-8/h1-2,5,12H,3-4,6H2. The number of rotatable bonds is 3. The number of halogens is 1. The number of Topliss-reactive ketones (excluding diaryl/α,β-unsaturated/α-hetero) is 1. The summed E-state index contributed by atoms with van der Waals surface area (Å²) in [6.07, 6.45) is 0.320. The van der Waals surface area contributed by atoms with E-state index in [9.17, 15) is 9.35 Å². The van der Waals surface area contributed by atoms with Crippen molar-refractivity contribution < 1.29 is 9.35 Å². The Kier molecular flexibility index (Phi) is 3.19. The maximum absolute atomic E-state index is 11.5. The molecule has 15 heavy (non-hydrogen) atoms. The third-order valence-corrected chi connectivity index (χ3v) is 3.69. The van der Waals surface area contributed by atoms with Crippen molar-refractivity contribution in [3.63, 3.8) is 0 Å². The van der Waals surface area contributed by atoms with Crippen molar-refractivity contribution in [3.8, 4) is 0 Å². The highest BCUT2D eigenvalue weighted by molar-refractivity contribution is 7.92. The average Bonchev–Trinajstić information content (AvgIpc) is 2.60. The van der Waals surface area contributed by atoms with Crippen LogP contribution >= 0.6 is 11.6 Å². The SMILES string of the molecule is O=C(CCCl)c1ccc2c(c1)[S+]([O-])CN2. The topological polar surface area (TPSA) is 52.2 Å². The second-order valence-corrected chi connectivity index (χ2v) is 5.04. The lowest BCUT2D eigenvalue weighted by molar-refractivity contribution is 0.0989. The second-order valence-electron chi connectivity index (χ2n) is 3.24. The van der Waals surface area contributed by atoms with Gasteiger partial charge in [-0.3, -0.25) is 4.79 Å². The van der Waals surface area contributed by atoms with Crippen LogP contribution in [0.3, 0.4) is 0 Å². The molecule has 0 aromatic heterocycles. The molecule has 80 valence electrons. The molecular weight excluding hydrogens is 234 g/mol. The van der Waals surface area contributed by atoms with Gasteiger partial charge in [-0.1, -0.05) is 0 Å². The Morgan fingerprint density at radius 2 is 2.40 bits per heavy atom.